The minimum Gasteiger partial charge on any atom is -0.300 e. The third-order valence-electron chi connectivity index (χ3n) is 7.32. The first-order valence-electron chi connectivity index (χ1n) is 11.8. The summed E-state index contributed by atoms with van der Waals surface area (Å²) in [5.74, 6) is 1.77. The molecule has 5 nitrogen and oxygen atoms in total. The molecule has 5 rings (SSSR count). The molecule has 1 saturated heterocycles. The summed E-state index contributed by atoms with van der Waals surface area (Å²) in [6.07, 6.45) is 8.43. The zero-order valence-electron chi connectivity index (χ0n) is 18.3. The molecule has 31 heavy (non-hydrogen) atoms. The Kier molecular flexibility index (Phi) is 5.74. The number of likely N-dealkylation sites (tertiary alicyclic amines) is 1. The maximum Gasteiger partial charge on any atom is 0.232 e. The molecule has 0 radical (unpaired) electrons. The van der Waals surface area contributed by atoms with E-state index in [1.807, 2.05) is 13.0 Å². The van der Waals surface area contributed by atoms with E-state index in [-0.39, 0.29) is 11.7 Å². The van der Waals surface area contributed by atoms with E-state index in [4.69, 9.17) is 9.97 Å². The lowest BCUT2D eigenvalue weighted by Crippen LogP contribution is -2.41. The molecule has 2 fully saturated rings. The summed E-state index contributed by atoms with van der Waals surface area (Å²) in [5, 5.41) is 0. The van der Waals surface area contributed by atoms with Gasteiger partial charge in [-0.05, 0) is 57.2 Å². The van der Waals surface area contributed by atoms with Crippen molar-refractivity contribution in [1.29, 1.82) is 0 Å². The van der Waals surface area contributed by atoms with Crippen molar-refractivity contribution in [2.24, 2.45) is 0 Å². The number of amides is 1. The largest absolute Gasteiger partial charge is 0.300 e. The fourth-order valence-electron chi connectivity index (χ4n) is 5.56. The summed E-state index contributed by atoms with van der Waals surface area (Å²) in [4.78, 5) is 26.9. The quantitative estimate of drug-likeness (QED) is 0.725. The molecular weight excluding hydrogens is 391 g/mol. The van der Waals surface area contributed by atoms with E-state index in [2.05, 4.69) is 4.90 Å². The summed E-state index contributed by atoms with van der Waals surface area (Å²) < 4.78 is 14.1. The van der Waals surface area contributed by atoms with E-state index in [1.165, 1.54) is 44.7 Å². The number of anilines is 1. The topological polar surface area (TPSA) is 49.3 Å². The molecule has 1 amide bonds. The molecule has 0 bridgehead atoms. The Labute approximate surface area is 183 Å². The molecule has 1 aliphatic carbocycles. The Morgan fingerprint density at radius 3 is 2.71 bits per heavy atom. The van der Waals surface area contributed by atoms with E-state index >= 15 is 0 Å². The first kappa shape index (κ1) is 20.6. The smallest absolute Gasteiger partial charge is 0.232 e. The van der Waals surface area contributed by atoms with Gasteiger partial charge >= 0.3 is 0 Å². The molecule has 2 aromatic rings. The van der Waals surface area contributed by atoms with Crippen molar-refractivity contribution in [2.45, 2.75) is 70.3 Å². The van der Waals surface area contributed by atoms with E-state index in [1.54, 1.807) is 17.0 Å². The lowest BCUT2D eigenvalue weighted by Gasteiger charge is -2.36. The van der Waals surface area contributed by atoms with Gasteiger partial charge in [0.25, 0.3) is 0 Å². The molecule has 3 heterocycles. The molecule has 0 N–H and O–H groups in total. The summed E-state index contributed by atoms with van der Waals surface area (Å²) in [6, 6.07) is 7.50. The molecule has 6 heteroatoms. The van der Waals surface area contributed by atoms with Gasteiger partial charge in [-0.1, -0.05) is 31.0 Å². The molecule has 1 saturated carbocycles. The minimum absolute atomic E-state index is 0.0390. The maximum atomic E-state index is 14.1. The standard InChI is InChI=1S/C25H31FN4O/c1-17-21-15-23(31)30(14-12-18-7-2-5-11-22(18)26)25(21)28-24(27-17)19-8-6-13-29(16-19)20-9-3-4-10-20/h2,5,7,11,19-20H,3-4,6,8-10,12-16H2,1H3. The van der Waals surface area contributed by atoms with Crippen molar-refractivity contribution < 1.29 is 9.18 Å². The van der Waals surface area contributed by atoms with Crippen LogP contribution in [0.15, 0.2) is 24.3 Å². The van der Waals surface area contributed by atoms with Gasteiger partial charge < -0.3 is 0 Å². The van der Waals surface area contributed by atoms with Crippen LogP contribution in [0.5, 0.6) is 0 Å². The lowest BCUT2D eigenvalue weighted by atomic mass is 9.95. The van der Waals surface area contributed by atoms with Crippen molar-refractivity contribution in [3.63, 3.8) is 0 Å². The van der Waals surface area contributed by atoms with Gasteiger partial charge in [0.05, 0.1) is 6.42 Å². The number of aromatic nitrogens is 2. The number of hydrogen-bond donors (Lipinski definition) is 0. The molecular formula is C25H31FN4O. The van der Waals surface area contributed by atoms with Crippen LogP contribution in [0.25, 0.3) is 0 Å². The third-order valence-corrected chi connectivity index (χ3v) is 7.32. The van der Waals surface area contributed by atoms with Crippen LogP contribution >= 0.6 is 0 Å². The van der Waals surface area contributed by atoms with Gasteiger partial charge in [0.1, 0.15) is 17.5 Å². The average molecular weight is 423 g/mol. The molecule has 0 spiro atoms. The number of carbonyl (C=O) groups excluding carboxylic acids is 1. The van der Waals surface area contributed by atoms with E-state index in [0.717, 1.165) is 41.9 Å². The molecule has 1 unspecified atom stereocenters. The zero-order valence-corrected chi connectivity index (χ0v) is 18.3. The fourth-order valence-corrected chi connectivity index (χ4v) is 5.56. The Hall–Kier alpha value is -2.34. The van der Waals surface area contributed by atoms with Gasteiger partial charge in [0.2, 0.25) is 5.91 Å². The van der Waals surface area contributed by atoms with Crippen LogP contribution < -0.4 is 4.90 Å². The van der Waals surface area contributed by atoms with Crippen LogP contribution in [0, 0.1) is 12.7 Å². The van der Waals surface area contributed by atoms with Crippen molar-refractivity contribution in [1.82, 2.24) is 14.9 Å². The number of rotatable bonds is 5. The molecule has 1 atom stereocenters. The molecule has 2 aliphatic heterocycles. The fraction of sp³-hybridized carbons (Fsp3) is 0.560. The second-order valence-electron chi connectivity index (χ2n) is 9.31. The number of piperidine rings is 1. The Morgan fingerprint density at radius 2 is 1.90 bits per heavy atom. The van der Waals surface area contributed by atoms with E-state index in [9.17, 15) is 9.18 Å². The van der Waals surface area contributed by atoms with Gasteiger partial charge in [-0.25, -0.2) is 14.4 Å². The number of carbonyl (C=O) groups is 1. The zero-order chi connectivity index (χ0) is 21.4. The predicted molar refractivity (Wildman–Crippen MR) is 119 cm³/mol. The summed E-state index contributed by atoms with van der Waals surface area (Å²) >= 11 is 0. The van der Waals surface area contributed by atoms with Gasteiger partial charge in [0, 0.05) is 36.3 Å². The van der Waals surface area contributed by atoms with Gasteiger partial charge in [-0.3, -0.25) is 14.6 Å². The highest BCUT2D eigenvalue weighted by Crippen LogP contribution is 2.35. The SMILES string of the molecule is Cc1nc(C2CCCN(C3CCCC3)C2)nc2c1CC(=O)N2CCc1ccccc1F. The monoisotopic (exact) mass is 422 g/mol. The van der Waals surface area contributed by atoms with Crippen LogP contribution in [-0.4, -0.2) is 46.5 Å². The van der Waals surface area contributed by atoms with Crippen LogP contribution in [0.2, 0.25) is 0 Å². The van der Waals surface area contributed by atoms with Crippen LogP contribution in [-0.2, 0) is 17.6 Å². The van der Waals surface area contributed by atoms with Crippen molar-refractivity contribution in [2.75, 3.05) is 24.5 Å². The van der Waals surface area contributed by atoms with Crippen molar-refractivity contribution in [3.05, 3.63) is 52.7 Å². The van der Waals surface area contributed by atoms with Gasteiger partial charge in [-0.2, -0.15) is 0 Å². The van der Waals surface area contributed by atoms with E-state index in [0.29, 0.717) is 30.9 Å². The minimum atomic E-state index is -0.219. The number of hydrogen-bond acceptors (Lipinski definition) is 4. The number of nitrogens with zero attached hydrogens (tertiary/aromatic N) is 4. The Morgan fingerprint density at radius 1 is 1.10 bits per heavy atom. The van der Waals surface area contributed by atoms with Gasteiger partial charge in [0.15, 0.2) is 0 Å². The molecule has 164 valence electrons. The highest BCUT2D eigenvalue weighted by molar-refractivity contribution is 6.00. The molecule has 3 aliphatic rings. The van der Waals surface area contributed by atoms with Crippen LogP contribution in [0.3, 0.4) is 0 Å². The average Bonchev–Trinajstić information content (AvgIpc) is 3.42. The number of fused-ring (bicyclic) bond motifs is 1. The predicted octanol–water partition coefficient (Wildman–Crippen LogP) is 4.18. The van der Waals surface area contributed by atoms with Crippen LogP contribution in [0.1, 0.15) is 67.1 Å². The molecule has 1 aromatic heterocycles. The van der Waals surface area contributed by atoms with E-state index < -0.39 is 0 Å². The number of aryl methyl sites for hydroxylation is 1. The lowest BCUT2D eigenvalue weighted by molar-refractivity contribution is -0.117. The summed E-state index contributed by atoms with van der Waals surface area (Å²) in [6.45, 7) is 4.64. The normalized spacial score (nSPS) is 22.3. The Bertz CT molecular complexity index is 972. The Balaban J connectivity index is 1.36. The second-order valence-corrected chi connectivity index (χ2v) is 9.31. The second kappa shape index (κ2) is 8.65. The van der Waals surface area contributed by atoms with Crippen molar-refractivity contribution >= 4 is 11.7 Å². The van der Waals surface area contributed by atoms with Gasteiger partial charge in [-0.15, -0.1) is 0 Å². The third kappa shape index (κ3) is 4.10. The van der Waals surface area contributed by atoms with Crippen LogP contribution in [0.4, 0.5) is 10.2 Å². The first-order valence-corrected chi connectivity index (χ1v) is 11.8. The number of benzene rings is 1. The highest BCUT2D eigenvalue weighted by Gasteiger charge is 2.34. The first-order chi connectivity index (χ1) is 15.1. The number of halogens is 1. The highest BCUT2D eigenvalue weighted by atomic mass is 19.1. The molecule has 1 aromatic carbocycles. The summed E-state index contributed by atoms with van der Waals surface area (Å²) in [5.41, 5.74) is 2.49. The maximum absolute atomic E-state index is 14.1. The summed E-state index contributed by atoms with van der Waals surface area (Å²) in [7, 11) is 0. The van der Waals surface area contributed by atoms with Crippen molar-refractivity contribution in [3.8, 4) is 0 Å².